The van der Waals surface area contributed by atoms with Gasteiger partial charge >= 0.3 is 5.97 Å². The SMILES string of the molecule is CCCCCC[C@H](CN(O)C=O)C(=O)NCNC(=O)c1ccc(-c2cccc(CC(=O)O)c2)o1. The van der Waals surface area contributed by atoms with Crippen LogP contribution >= 0.6 is 0 Å². The number of hydrogen-bond donors (Lipinski definition) is 4. The average molecular weight is 474 g/mol. The van der Waals surface area contributed by atoms with Crippen molar-refractivity contribution in [3.05, 3.63) is 47.7 Å². The zero-order chi connectivity index (χ0) is 24.9. The molecule has 10 heteroatoms. The topological polar surface area (TPSA) is 149 Å². The zero-order valence-corrected chi connectivity index (χ0v) is 19.2. The van der Waals surface area contributed by atoms with Crippen LogP contribution in [0.2, 0.25) is 0 Å². The summed E-state index contributed by atoms with van der Waals surface area (Å²) >= 11 is 0. The summed E-state index contributed by atoms with van der Waals surface area (Å²) in [7, 11) is 0. The molecular weight excluding hydrogens is 442 g/mol. The van der Waals surface area contributed by atoms with E-state index in [9.17, 15) is 24.4 Å². The van der Waals surface area contributed by atoms with Crippen molar-refractivity contribution >= 4 is 24.2 Å². The molecule has 1 heterocycles. The number of carboxylic acids is 1. The largest absolute Gasteiger partial charge is 0.481 e. The van der Waals surface area contributed by atoms with Gasteiger partial charge < -0.3 is 20.2 Å². The molecule has 0 saturated heterocycles. The van der Waals surface area contributed by atoms with Gasteiger partial charge in [-0.3, -0.25) is 24.4 Å². The quantitative estimate of drug-likeness (QED) is 0.102. The molecule has 1 aromatic heterocycles. The summed E-state index contributed by atoms with van der Waals surface area (Å²) in [5.41, 5.74) is 1.25. The molecule has 0 spiro atoms. The van der Waals surface area contributed by atoms with E-state index < -0.39 is 17.8 Å². The number of furan rings is 1. The van der Waals surface area contributed by atoms with Crippen LogP contribution in [0.4, 0.5) is 0 Å². The van der Waals surface area contributed by atoms with Crippen LogP contribution in [0.3, 0.4) is 0 Å². The summed E-state index contributed by atoms with van der Waals surface area (Å²) in [6.07, 6.45) is 4.45. The molecule has 0 saturated carbocycles. The number of hydrogen-bond acceptors (Lipinski definition) is 6. The highest BCUT2D eigenvalue weighted by molar-refractivity contribution is 5.92. The molecule has 10 nitrogen and oxygen atoms in total. The summed E-state index contributed by atoms with van der Waals surface area (Å²) in [5.74, 6) is -2.02. The Balaban J connectivity index is 1.90. The summed E-state index contributed by atoms with van der Waals surface area (Å²) in [6, 6.07) is 9.92. The van der Waals surface area contributed by atoms with Crippen LogP contribution < -0.4 is 10.6 Å². The Labute approximate surface area is 197 Å². The van der Waals surface area contributed by atoms with Gasteiger partial charge in [0.05, 0.1) is 25.6 Å². The maximum Gasteiger partial charge on any atom is 0.307 e. The molecule has 0 aliphatic heterocycles. The van der Waals surface area contributed by atoms with E-state index in [4.69, 9.17) is 9.52 Å². The molecule has 0 radical (unpaired) electrons. The number of unbranched alkanes of at least 4 members (excludes halogenated alkanes) is 3. The smallest absolute Gasteiger partial charge is 0.307 e. The molecule has 184 valence electrons. The van der Waals surface area contributed by atoms with E-state index in [0.29, 0.717) is 28.4 Å². The first-order chi connectivity index (χ1) is 16.3. The fourth-order valence-corrected chi connectivity index (χ4v) is 3.46. The summed E-state index contributed by atoms with van der Waals surface area (Å²) in [5, 5.41) is 24.0. The molecule has 0 unspecified atom stereocenters. The number of amides is 3. The standard InChI is InChI=1S/C24H31N3O7/c1-2-3-4-5-8-19(14-27(33)16-28)23(31)25-15-26-24(32)21-11-10-20(34-21)18-9-6-7-17(12-18)13-22(29)30/h6-7,9-12,16,19,33H,2-5,8,13-15H2,1H3,(H,25,31)(H,26,32)(H,29,30)/t19-/m1/s1. The van der Waals surface area contributed by atoms with Crippen LogP contribution in [-0.2, 0) is 20.8 Å². The number of benzene rings is 1. The number of carboxylic acid groups (broad SMARTS) is 1. The molecule has 4 N–H and O–H groups in total. The monoisotopic (exact) mass is 473 g/mol. The van der Waals surface area contributed by atoms with Crippen molar-refractivity contribution in [2.45, 2.75) is 45.4 Å². The van der Waals surface area contributed by atoms with Crippen LogP contribution in [-0.4, -0.2) is 52.8 Å². The minimum absolute atomic E-state index is 0.0338. The molecule has 2 rings (SSSR count). The van der Waals surface area contributed by atoms with Crippen LogP contribution in [0.25, 0.3) is 11.3 Å². The fraction of sp³-hybridized carbons (Fsp3) is 0.417. The normalized spacial score (nSPS) is 11.5. The summed E-state index contributed by atoms with van der Waals surface area (Å²) in [6.45, 7) is 1.80. The molecule has 0 bridgehead atoms. The highest BCUT2D eigenvalue weighted by Crippen LogP contribution is 2.23. The third-order valence-electron chi connectivity index (χ3n) is 5.21. The Bertz CT molecular complexity index is 973. The van der Waals surface area contributed by atoms with Crippen LogP contribution in [0, 0.1) is 5.92 Å². The minimum atomic E-state index is -0.945. The Hall–Kier alpha value is -3.66. The minimum Gasteiger partial charge on any atom is -0.481 e. The van der Waals surface area contributed by atoms with E-state index in [1.54, 1.807) is 30.3 Å². The van der Waals surface area contributed by atoms with Gasteiger partial charge in [0.2, 0.25) is 12.3 Å². The molecule has 3 amide bonds. The van der Waals surface area contributed by atoms with Crippen LogP contribution in [0.15, 0.2) is 40.8 Å². The predicted octanol–water partition coefficient (Wildman–Crippen LogP) is 2.81. The van der Waals surface area contributed by atoms with Gasteiger partial charge in [-0.05, 0) is 30.2 Å². The Morgan fingerprint density at radius 3 is 2.62 bits per heavy atom. The Kier molecular flexibility index (Phi) is 10.8. The lowest BCUT2D eigenvalue weighted by Crippen LogP contribution is -2.42. The molecule has 1 aromatic carbocycles. The fourth-order valence-electron chi connectivity index (χ4n) is 3.46. The number of nitrogens with one attached hydrogen (secondary N) is 2. The third kappa shape index (κ3) is 8.70. The number of hydroxylamine groups is 2. The molecule has 0 aliphatic rings. The van der Waals surface area contributed by atoms with Crippen molar-refractivity contribution in [1.82, 2.24) is 15.7 Å². The van der Waals surface area contributed by atoms with Gasteiger partial charge in [0, 0.05) is 5.56 Å². The predicted molar refractivity (Wildman–Crippen MR) is 123 cm³/mol. The van der Waals surface area contributed by atoms with Gasteiger partial charge in [-0.15, -0.1) is 0 Å². The van der Waals surface area contributed by atoms with E-state index >= 15 is 0 Å². The van der Waals surface area contributed by atoms with Crippen LogP contribution in [0.1, 0.15) is 55.1 Å². The van der Waals surface area contributed by atoms with Crippen molar-refractivity contribution < 1.29 is 33.9 Å². The van der Waals surface area contributed by atoms with Crippen molar-refractivity contribution in [3.63, 3.8) is 0 Å². The van der Waals surface area contributed by atoms with Gasteiger partial charge in [0.15, 0.2) is 5.76 Å². The van der Waals surface area contributed by atoms with E-state index in [-0.39, 0.29) is 37.7 Å². The lowest BCUT2D eigenvalue weighted by molar-refractivity contribution is -0.154. The lowest BCUT2D eigenvalue weighted by Gasteiger charge is -2.19. The van der Waals surface area contributed by atoms with Gasteiger partial charge in [-0.25, -0.2) is 5.06 Å². The van der Waals surface area contributed by atoms with Crippen molar-refractivity contribution in [2.24, 2.45) is 5.92 Å². The zero-order valence-electron chi connectivity index (χ0n) is 19.2. The Morgan fingerprint density at radius 2 is 1.91 bits per heavy atom. The van der Waals surface area contributed by atoms with E-state index in [0.717, 1.165) is 25.7 Å². The van der Waals surface area contributed by atoms with Crippen molar-refractivity contribution in [3.8, 4) is 11.3 Å². The van der Waals surface area contributed by atoms with Crippen molar-refractivity contribution in [2.75, 3.05) is 13.2 Å². The second kappa shape index (κ2) is 13.8. The summed E-state index contributed by atoms with van der Waals surface area (Å²) < 4.78 is 5.59. The van der Waals surface area contributed by atoms with E-state index in [1.165, 1.54) is 6.07 Å². The molecule has 2 aromatic rings. The van der Waals surface area contributed by atoms with Crippen LogP contribution in [0.5, 0.6) is 0 Å². The van der Waals surface area contributed by atoms with Gasteiger partial charge in [0.1, 0.15) is 5.76 Å². The maximum atomic E-state index is 12.5. The number of nitrogens with zero attached hydrogens (tertiary/aromatic N) is 1. The van der Waals surface area contributed by atoms with Crippen molar-refractivity contribution in [1.29, 1.82) is 0 Å². The molecular formula is C24H31N3O7. The van der Waals surface area contributed by atoms with E-state index in [2.05, 4.69) is 17.6 Å². The number of rotatable bonds is 15. The number of carbonyl (C=O) groups excluding carboxylic acids is 3. The summed E-state index contributed by atoms with van der Waals surface area (Å²) in [4.78, 5) is 46.5. The highest BCUT2D eigenvalue weighted by Gasteiger charge is 2.21. The van der Waals surface area contributed by atoms with Gasteiger partial charge in [0.25, 0.3) is 5.91 Å². The van der Waals surface area contributed by atoms with E-state index in [1.807, 2.05) is 0 Å². The average Bonchev–Trinajstić information content (AvgIpc) is 3.31. The first kappa shape index (κ1) is 26.6. The Morgan fingerprint density at radius 1 is 1.12 bits per heavy atom. The second-order valence-electron chi connectivity index (χ2n) is 7.93. The number of aliphatic carboxylic acids is 1. The molecule has 0 fully saturated rings. The second-order valence-corrected chi connectivity index (χ2v) is 7.93. The van der Waals surface area contributed by atoms with Gasteiger partial charge in [-0.2, -0.15) is 0 Å². The third-order valence-corrected chi connectivity index (χ3v) is 5.21. The molecule has 34 heavy (non-hydrogen) atoms. The first-order valence-corrected chi connectivity index (χ1v) is 11.2. The van der Waals surface area contributed by atoms with Gasteiger partial charge in [-0.1, -0.05) is 50.8 Å². The molecule has 0 aliphatic carbocycles. The maximum absolute atomic E-state index is 12.5. The lowest BCUT2D eigenvalue weighted by atomic mass is 9.99. The molecule has 1 atom stereocenters. The first-order valence-electron chi connectivity index (χ1n) is 11.2. The highest BCUT2D eigenvalue weighted by atomic mass is 16.5. The number of carbonyl (C=O) groups is 4.